The van der Waals surface area contributed by atoms with Gasteiger partial charge in [-0.3, -0.25) is 5.10 Å². The number of hydrogen-bond donors (Lipinski definition) is 1. The molecule has 0 radical (unpaired) electrons. The number of H-pyrrole nitrogens is 1. The Morgan fingerprint density at radius 1 is 1.53 bits per heavy atom. The van der Waals surface area contributed by atoms with Crippen molar-refractivity contribution in [2.45, 2.75) is 24.1 Å². The number of aromatic nitrogens is 2. The SMILES string of the molecule is ClC1CC(c2cccs2)Cc2[nH]ncc21. The van der Waals surface area contributed by atoms with Crippen LogP contribution >= 0.6 is 22.9 Å². The van der Waals surface area contributed by atoms with Crippen LogP contribution in [0.15, 0.2) is 23.7 Å². The van der Waals surface area contributed by atoms with E-state index in [9.17, 15) is 0 Å². The molecule has 2 atom stereocenters. The fourth-order valence-electron chi connectivity index (χ4n) is 2.20. The van der Waals surface area contributed by atoms with E-state index in [4.69, 9.17) is 11.6 Å². The first kappa shape index (κ1) is 9.43. The number of alkyl halides is 1. The molecular weight excluding hydrogens is 228 g/mol. The van der Waals surface area contributed by atoms with Crippen molar-refractivity contribution in [2.24, 2.45) is 0 Å². The Kier molecular flexibility index (Phi) is 2.29. The average molecular weight is 239 g/mol. The van der Waals surface area contributed by atoms with E-state index in [0.717, 1.165) is 12.8 Å². The van der Waals surface area contributed by atoms with Crippen LogP contribution in [0.4, 0.5) is 0 Å². The maximum Gasteiger partial charge on any atom is 0.0625 e. The van der Waals surface area contributed by atoms with Crippen molar-refractivity contribution in [3.8, 4) is 0 Å². The number of thiophene rings is 1. The summed E-state index contributed by atoms with van der Waals surface area (Å²) >= 11 is 8.16. The number of nitrogens with zero attached hydrogens (tertiary/aromatic N) is 1. The smallest absolute Gasteiger partial charge is 0.0625 e. The van der Waals surface area contributed by atoms with Gasteiger partial charge in [-0.05, 0) is 24.3 Å². The van der Waals surface area contributed by atoms with Crippen LogP contribution in [0.2, 0.25) is 0 Å². The van der Waals surface area contributed by atoms with Gasteiger partial charge in [0.2, 0.25) is 0 Å². The molecule has 1 aliphatic carbocycles. The van der Waals surface area contributed by atoms with Gasteiger partial charge in [0, 0.05) is 22.1 Å². The van der Waals surface area contributed by atoms with E-state index in [0.29, 0.717) is 5.92 Å². The van der Waals surface area contributed by atoms with Crippen molar-refractivity contribution in [3.05, 3.63) is 39.8 Å². The number of rotatable bonds is 1. The number of aromatic amines is 1. The summed E-state index contributed by atoms with van der Waals surface area (Å²) in [4.78, 5) is 1.43. The lowest BCUT2D eigenvalue weighted by Gasteiger charge is -2.24. The zero-order valence-electron chi connectivity index (χ0n) is 8.11. The van der Waals surface area contributed by atoms with E-state index in [2.05, 4.69) is 27.7 Å². The van der Waals surface area contributed by atoms with Gasteiger partial charge in [0.15, 0.2) is 0 Å². The van der Waals surface area contributed by atoms with Crippen molar-refractivity contribution in [2.75, 3.05) is 0 Å². The molecule has 3 rings (SSSR count). The predicted octanol–water partition coefficient (Wildman–Crippen LogP) is 3.48. The molecule has 2 aromatic heterocycles. The van der Waals surface area contributed by atoms with Crippen molar-refractivity contribution < 1.29 is 0 Å². The molecule has 15 heavy (non-hydrogen) atoms. The van der Waals surface area contributed by atoms with E-state index < -0.39 is 0 Å². The minimum absolute atomic E-state index is 0.111. The maximum atomic E-state index is 6.34. The Morgan fingerprint density at radius 3 is 3.27 bits per heavy atom. The number of hydrogen-bond acceptors (Lipinski definition) is 2. The van der Waals surface area contributed by atoms with Crippen LogP contribution in [-0.4, -0.2) is 10.2 Å². The largest absolute Gasteiger partial charge is 0.282 e. The minimum atomic E-state index is 0.111. The molecule has 0 aromatic carbocycles. The molecule has 0 saturated carbocycles. The summed E-state index contributed by atoms with van der Waals surface area (Å²) in [5, 5.41) is 9.35. The third-order valence-corrected chi connectivity index (χ3v) is 4.42. The third-order valence-electron chi connectivity index (χ3n) is 2.98. The molecule has 2 nitrogen and oxygen atoms in total. The summed E-state index contributed by atoms with van der Waals surface area (Å²) in [6, 6.07) is 4.30. The molecule has 2 heterocycles. The van der Waals surface area contributed by atoms with Crippen molar-refractivity contribution in [1.29, 1.82) is 0 Å². The highest BCUT2D eigenvalue weighted by Gasteiger charge is 2.28. The Hall–Kier alpha value is -0.800. The first-order valence-electron chi connectivity index (χ1n) is 5.04. The van der Waals surface area contributed by atoms with E-state index in [1.165, 1.54) is 16.1 Å². The second-order valence-corrected chi connectivity index (χ2v) is 5.43. The maximum absolute atomic E-state index is 6.34. The van der Waals surface area contributed by atoms with Gasteiger partial charge < -0.3 is 0 Å². The van der Waals surface area contributed by atoms with Gasteiger partial charge in [-0.25, -0.2) is 0 Å². The second kappa shape index (κ2) is 3.65. The van der Waals surface area contributed by atoms with Gasteiger partial charge in [-0.2, -0.15) is 5.10 Å². The van der Waals surface area contributed by atoms with Crippen LogP contribution in [0.5, 0.6) is 0 Å². The Balaban J connectivity index is 1.93. The number of halogens is 1. The third kappa shape index (κ3) is 1.60. The molecule has 1 aliphatic rings. The van der Waals surface area contributed by atoms with Crippen LogP contribution in [0.1, 0.15) is 33.9 Å². The predicted molar refractivity (Wildman–Crippen MR) is 62.6 cm³/mol. The first-order chi connectivity index (χ1) is 7.34. The van der Waals surface area contributed by atoms with E-state index >= 15 is 0 Å². The molecule has 1 N–H and O–H groups in total. The summed E-state index contributed by atoms with van der Waals surface area (Å²) in [6.07, 6.45) is 3.92. The fraction of sp³-hybridized carbons (Fsp3) is 0.364. The number of nitrogens with one attached hydrogen (secondary N) is 1. The molecular formula is C11H11ClN2S. The van der Waals surface area contributed by atoms with Crippen LogP contribution in [0, 0.1) is 0 Å². The highest BCUT2D eigenvalue weighted by atomic mass is 35.5. The lowest BCUT2D eigenvalue weighted by molar-refractivity contribution is 0.573. The van der Waals surface area contributed by atoms with Crippen LogP contribution < -0.4 is 0 Å². The summed E-state index contributed by atoms with van der Waals surface area (Å²) in [7, 11) is 0. The van der Waals surface area contributed by atoms with Crippen molar-refractivity contribution in [1.82, 2.24) is 10.2 Å². The lowest BCUT2D eigenvalue weighted by atomic mass is 9.87. The van der Waals surface area contributed by atoms with Gasteiger partial charge in [-0.15, -0.1) is 22.9 Å². The van der Waals surface area contributed by atoms with E-state index in [1.807, 2.05) is 17.5 Å². The van der Waals surface area contributed by atoms with Crippen molar-refractivity contribution >= 4 is 22.9 Å². The number of fused-ring (bicyclic) bond motifs is 1. The molecule has 2 unspecified atom stereocenters. The zero-order chi connectivity index (χ0) is 10.3. The molecule has 78 valence electrons. The minimum Gasteiger partial charge on any atom is -0.282 e. The summed E-state index contributed by atoms with van der Waals surface area (Å²) < 4.78 is 0. The van der Waals surface area contributed by atoms with Crippen LogP contribution in [-0.2, 0) is 6.42 Å². The summed E-state index contributed by atoms with van der Waals surface area (Å²) in [6.45, 7) is 0. The molecule has 0 saturated heterocycles. The highest BCUT2D eigenvalue weighted by Crippen LogP contribution is 2.42. The first-order valence-corrected chi connectivity index (χ1v) is 6.36. The zero-order valence-corrected chi connectivity index (χ0v) is 9.68. The Labute approximate surface area is 97.3 Å². The Bertz CT molecular complexity index is 449. The molecule has 0 aliphatic heterocycles. The van der Waals surface area contributed by atoms with Gasteiger partial charge >= 0.3 is 0 Å². The monoisotopic (exact) mass is 238 g/mol. The molecule has 2 aromatic rings. The lowest BCUT2D eigenvalue weighted by Crippen LogP contribution is -2.12. The van der Waals surface area contributed by atoms with E-state index in [1.54, 1.807) is 0 Å². The van der Waals surface area contributed by atoms with E-state index in [-0.39, 0.29) is 5.38 Å². The molecule has 0 fully saturated rings. The second-order valence-electron chi connectivity index (χ2n) is 3.92. The van der Waals surface area contributed by atoms with Gasteiger partial charge in [-0.1, -0.05) is 6.07 Å². The van der Waals surface area contributed by atoms with Crippen molar-refractivity contribution in [3.63, 3.8) is 0 Å². The molecule has 4 heteroatoms. The average Bonchev–Trinajstić information content (AvgIpc) is 2.88. The van der Waals surface area contributed by atoms with Gasteiger partial charge in [0.1, 0.15) is 0 Å². The van der Waals surface area contributed by atoms with Crippen LogP contribution in [0.25, 0.3) is 0 Å². The quantitative estimate of drug-likeness (QED) is 0.757. The molecule has 0 amide bonds. The molecule has 0 bridgehead atoms. The fourth-order valence-corrected chi connectivity index (χ4v) is 3.45. The molecule has 0 spiro atoms. The standard InChI is InChI=1S/C11H11ClN2S/c12-9-4-7(11-2-1-3-15-11)5-10-8(9)6-13-14-10/h1-3,6-7,9H,4-5H2,(H,13,14). The topological polar surface area (TPSA) is 28.7 Å². The summed E-state index contributed by atoms with van der Waals surface area (Å²) in [5.41, 5.74) is 2.39. The normalized spacial score (nSPS) is 25.1. The Morgan fingerprint density at radius 2 is 2.47 bits per heavy atom. The highest BCUT2D eigenvalue weighted by molar-refractivity contribution is 7.10. The van der Waals surface area contributed by atoms with Crippen LogP contribution in [0.3, 0.4) is 0 Å². The van der Waals surface area contributed by atoms with Gasteiger partial charge in [0.25, 0.3) is 0 Å². The summed E-state index contributed by atoms with van der Waals surface area (Å²) in [5.74, 6) is 0.556. The van der Waals surface area contributed by atoms with Gasteiger partial charge in [0.05, 0.1) is 11.6 Å².